The van der Waals surface area contributed by atoms with E-state index in [0.717, 1.165) is 17.2 Å². The Hall–Kier alpha value is -2.76. The molecule has 23 heavy (non-hydrogen) atoms. The summed E-state index contributed by atoms with van der Waals surface area (Å²) in [5, 5.41) is 3.46. The summed E-state index contributed by atoms with van der Waals surface area (Å²) < 4.78 is 2.05. The van der Waals surface area contributed by atoms with E-state index in [4.69, 9.17) is 0 Å². The Kier molecular flexibility index (Phi) is 3.49. The number of aromatic nitrogens is 5. The molecular formula is C17H18N6. The lowest BCUT2D eigenvalue weighted by Crippen LogP contribution is -2.18. The van der Waals surface area contributed by atoms with Crippen molar-refractivity contribution in [2.75, 3.05) is 5.32 Å². The van der Waals surface area contributed by atoms with Crippen LogP contribution in [0, 0.1) is 5.92 Å². The third-order valence-electron chi connectivity index (χ3n) is 4.10. The summed E-state index contributed by atoms with van der Waals surface area (Å²) in [5.74, 6) is 2.24. The highest BCUT2D eigenvalue weighted by Crippen LogP contribution is 2.41. The molecule has 4 rings (SSSR count). The summed E-state index contributed by atoms with van der Waals surface area (Å²) in [6.07, 6.45) is 9.76. The number of hydrogen-bond acceptors (Lipinski definition) is 5. The number of pyridine rings is 1. The number of nitrogens with one attached hydrogen (secondary N) is 1. The van der Waals surface area contributed by atoms with E-state index < -0.39 is 0 Å². The Morgan fingerprint density at radius 1 is 1.04 bits per heavy atom. The maximum absolute atomic E-state index is 4.61. The fourth-order valence-corrected chi connectivity index (χ4v) is 2.72. The highest BCUT2D eigenvalue weighted by Gasteiger charge is 2.35. The van der Waals surface area contributed by atoms with Gasteiger partial charge >= 0.3 is 0 Å². The molecule has 1 N–H and O–H groups in total. The van der Waals surface area contributed by atoms with Gasteiger partial charge in [0.1, 0.15) is 5.82 Å². The highest BCUT2D eigenvalue weighted by molar-refractivity contribution is 5.54. The van der Waals surface area contributed by atoms with Crippen molar-refractivity contribution in [2.24, 2.45) is 13.0 Å². The van der Waals surface area contributed by atoms with Crippen molar-refractivity contribution < 1.29 is 0 Å². The molecule has 0 aliphatic heterocycles. The van der Waals surface area contributed by atoms with Crippen molar-refractivity contribution in [3.05, 3.63) is 54.9 Å². The Labute approximate surface area is 134 Å². The smallest absolute Gasteiger partial charge is 0.223 e. The van der Waals surface area contributed by atoms with Crippen LogP contribution in [-0.2, 0) is 7.05 Å². The number of aryl methyl sites for hydroxylation is 1. The molecule has 1 atom stereocenters. The van der Waals surface area contributed by atoms with E-state index in [1.165, 1.54) is 12.8 Å². The van der Waals surface area contributed by atoms with Gasteiger partial charge in [0, 0.05) is 31.8 Å². The first kappa shape index (κ1) is 13.9. The van der Waals surface area contributed by atoms with Crippen LogP contribution in [0.5, 0.6) is 0 Å². The first-order valence-electron chi connectivity index (χ1n) is 7.79. The van der Waals surface area contributed by atoms with Crippen molar-refractivity contribution in [1.82, 2.24) is 24.5 Å². The van der Waals surface area contributed by atoms with Crippen LogP contribution in [0.4, 0.5) is 5.95 Å². The van der Waals surface area contributed by atoms with Crippen LogP contribution in [-0.4, -0.2) is 24.5 Å². The quantitative estimate of drug-likeness (QED) is 0.785. The summed E-state index contributed by atoms with van der Waals surface area (Å²) >= 11 is 0. The van der Waals surface area contributed by atoms with Gasteiger partial charge in [0.25, 0.3) is 0 Å². The molecule has 6 heteroatoms. The first-order valence-corrected chi connectivity index (χ1v) is 7.79. The van der Waals surface area contributed by atoms with Crippen molar-refractivity contribution >= 4 is 5.95 Å². The molecule has 1 saturated carbocycles. The average Bonchev–Trinajstić information content (AvgIpc) is 3.35. The van der Waals surface area contributed by atoms with Crippen molar-refractivity contribution in [1.29, 1.82) is 0 Å². The standard InChI is InChI=1S/C17H18N6/c1-23-11-10-19-16(23)15(12-5-6-12)22-17-20-9-7-14(21-17)13-4-2-3-8-18-13/h2-4,7-12,15H,5-6H2,1H3,(H,20,21,22). The second kappa shape index (κ2) is 5.79. The van der Waals surface area contributed by atoms with Crippen LogP contribution < -0.4 is 5.32 Å². The van der Waals surface area contributed by atoms with Gasteiger partial charge in [-0.2, -0.15) is 0 Å². The average molecular weight is 306 g/mol. The lowest BCUT2D eigenvalue weighted by Gasteiger charge is -2.18. The molecular weight excluding hydrogens is 288 g/mol. The Morgan fingerprint density at radius 3 is 2.65 bits per heavy atom. The first-order chi connectivity index (χ1) is 11.3. The summed E-state index contributed by atoms with van der Waals surface area (Å²) in [5.41, 5.74) is 1.66. The lowest BCUT2D eigenvalue weighted by atomic mass is 10.1. The fourth-order valence-electron chi connectivity index (χ4n) is 2.72. The second-order valence-corrected chi connectivity index (χ2v) is 5.84. The van der Waals surface area contributed by atoms with Gasteiger partial charge in [-0.25, -0.2) is 15.0 Å². The molecule has 3 aromatic heterocycles. The third-order valence-corrected chi connectivity index (χ3v) is 4.10. The van der Waals surface area contributed by atoms with E-state index in [2.05, 4.69) is 29.8 Å². The highest BCUT2D eigenvalue weighted by atomic mass is 15.2. The number of imidazole rings is 1. The Morgan fingerprint density at radius 2 is 1.96 bits per heavy atom. The van der Waals surface area contributed by atoms with Gasteiger partial charge in [-0.1, -0.05) is 6.07 Å². The molecule has 0 amide bonds. The van der Waals surface area contributed by atoms with Gasteiger partial charge in [-0.3, -0.25) is 4.98 Å². The summed E-state index contributed by atoms with van der Waals surface area (Å²) in [6, 6.07) is 7.82. The van der Waals surface area contributed by atoms with E-state index in [1.807, 2.05) is 43.7 Å². The zero-order valence-electron chi connectivity index (χ0n) is 12.9. The normalized spacial score (nSPS) is 15.3. The molecule has 6 nitrogen and oxygen atoms in total. The van der Waals surface area contributed by atoms with E-state index in [1.54, 1.807) is 12.4 Å². The molecule has 0 saturated heterocycles. The minimum atomic E-state index is 0.147. The van der Waals surface area contributed by atoms with Gasteiger partial charge in [-0.15, -0.1) is 0 Å². The fraction of sp³-hybridized carbons (Fsp3) is 0.294. The Bertz CT molecular complexity index is 794. The van der Waals surface area contributed by atoms with Crippen LogP contribution in [0.1, 0.15) is 24.7 Å². The van der Waals surface area contributed by atoms with Crippen LogP contribution >= 0.6 is 0 Å². The van der Waals surface area contributed by atoms with Gasteiger partial charge in [0.05, 0.1) is 17.4 Å². The van der Waals surface area contributed by atoms with Gasteiger partial charge in [0.15, 0.2) is 0 Å². The van der Waals surface area contributed by atoms with Crippen LogP contribution in [0.25, 0.3) is 11.4 Å². The van der Waals surface area contributed by atoms with Crippen molar-refractivity contribution in [3.63, 3.8) is 0 Å². The predicted molar refractivity (Wildman–Crippen MR) is 87.6 cm³/mol. The molecule has 1 fully saturated rings. The third kappa shape index (κ3) is 2.92. The van der Waals surface area contributed by atoms with Crippen LogP contribution in [0.2, 0.25) is 0 Å². The molecule has 0 aromatic carbocycles. The van der Waals surface area contributed by atoms with Gasteiger partial charge in [-0.05, 0) is 37.0 Å². The van der Waals surface area contributed by atoms with E-state index in [0.29, 0.717) is 11.9 Å². The Balaban J connectivity index is 1.62. The van der Waals surface area contributed by atoms with E-state index in [-0.39, 0.29) is 6.04 Å². The summed E-state index contributed by atoms with van der Waals surface area (Å²) in [7, 11) is 2.02. The van der Waals surface area contributed by atoms with Crippen LogP contribution in [0.15, 0.2) is 49.1 Å². The van der Waals surface area contributed by atoms with Crippen molar-refractivity contribution in [2.45, 2.75) is 18.9 Å². The minimum Gasteiger partial charge on any atom is -0.344 e. The number of nitrogens with zero attached hydrogens (tertiary/aromatic N) is 5. The SMILES string of the molecule is Cn1ccnc1C(Nc1nccc(-c2ccccn2)n1)C1CC1. The monoisotopic (exact) mass is 306 g/mol. The predicted octanol–water partition coefficient (Wildman–Crippen LogP) is 2.84. The molecule has 3 heterocycles. The molecule has 0 bridgehead atoms. The molecule has 0 spiro atoms. The zero-order valence-corrected chi connectivity index (χ0v) is 12.9. The molecule has 0 radical (unpaired) electrons. The summed E-state index contributed by atoms with van der Waals surface area (Å²) in [4.78, 5) is 17.8. The molecule has 3 aromatic rings. The maximum atomic E-state index is 4.61. The second-order valence-electron chi connectivity index (χ2n) is 5.84. The van der Waals surface area contributed by atoms with E-state index >= 15 is 0 Å². The molecule has 116 valence electrons. The maximum Gasteiger partial charge on any atom is 0.223 e. The lowest BCUT2D eigenvalue weighted by molar-refractivity contribution is 0.601. The topological polar surface area (TPSA) is 68.5 Å². The number of hydrogen-bond donors (Lipinski definition) is 1. The zero-order chi connectivity index (χ0) is 15.6. The number of rotatable bonds is 5. The minimum absolute atomic E-state index is 0.147. The largest absolute Gasteiger partial charge is 0.344 e. The van der Waals surface area contributed by atoms with Gasteiger partial charge < -0.3 is 9.88 Å². The van der Waals surface area contributed by atoms with Crippen LogP contribution in [0.3, 0.4) is 0 Å². The van der Waals surface area contributed by atoms with Gasteiger partial charge in [0.2, 0.25) is 5.95 Å². The molecule has 1 aliphatic carbocycles. The van der Waals surface area contributed by atoms with E-state index in [9.17, 15) is 0 Å². The number of anilines is 1. The van der Waals surface area contributed by atoms with Crippen molar-refractivity contribution in [3.8, 4) is 11.4 Å². The molecule has 1 unspecified atom stereocenters. The summed E-state index contributed by atoms with van der Waals surface area (Å²) in [6.45, 7) is 0. The molecule has 1 aliphatic rings.